The smallest absolute Gasteiger partial charge is 0.354 e. The zero-order valence-electron chi connectivity index (χ0n) is 7.05. The molecule has 4 heteroatoms. The number of carbonyl (C=O) groups is 1. The van der Waals surface area contributed by atoms with E-state index in [1.165, 1.54) is 7.11 Å². The topological polar surface area (TPSA) is 54.5 Å². The first-order valence-electron chi connectivity index (χ1n) is 3.43. The highest BCUT2D eigenvalue weighted by Crippen LogP contribution is 2.17. The summed E-state index contributed by atoms with van der Waals surface area (Å²) in [5.74, 6) is 0.211. The van der Waals surface area contributed by atoms with Crippen LogP contribution in [0.1, 0.15) is 16.1 Å². The molecule has 0 atom stereocenters. The van der Waals surface area contributed by atoms with E-state index in [0.717, 1.165) is 5.56 Å². The van der Waals surface area contributed by atoms with Gasteiger partial charge in [-0.15, -0.1) is 0 Å². The van der Waals surface area contributed by atoms with Gasteiger partial charge in [0.2, 0.25) is 0 Å². The second-order valence-electron chi connectivity index (χ2n) is 2.36. The number of nitrogens with one attached hydrogen (secondary N) is 1. The first-order chi connectivity index (χ1) is 5.69. The van der Waals surface area contributed by atoms with Gasteiger partial charge in [0.05, 0.1) is 7.11 Å². The summed E-state index contributed by atoms with van der Waals surface area (Å²) in [6.45, 7) is 5.20. The Morgan fingerprint density at radius 1 is 1.75 bits per heavy atom. The van der Waals surface area contributed by atoms with Gasteiger partial charge in [0.15, 0.2) is 0 Å². The van der Waals surface area contributed by atoms with E-state index in [1.807, 2.05) is 6.92 Å². The van der Waals surface area contributed by atoms with Gasteiger partial charge < -0.3 is 9.72 Å². The molecule has 64 valence electrons. The number of hydrogen-bond donors (Lipinski definition) is 1. The summed E-state index contributed by atoms with van der Waals surface area (Å²) in [6, 6.07) is 1.68. The number of nitrogens with zero attached hydrogens (tertiary/aromatic N) is 1. The SMILES string of the molecule is C=Nc1[nH]c(C(=O)OC)cc1C. The number of hydrogen-bond acceptors (Lipinski definition) is 3. The molecule has 0 aromatic carbocycles. The Bertz CT molecular complexity index is 315. The van der Waals surface area contributed by atoms with Crippen LogP contribution in [0.15, 0.2) is 11.1 Å². The molecule has 1 aromatic rings. The highest BCUT2D eigenvalue weighted by atomic mass is 16.5. The molecule has 0 unspecified atom stereocenters. The van der Waals surface area contributed by atoms with Crippen LogP contribution in [0.4, 0.5) is 5.82 Å². The summed E-state index contributed by atoms with van der Waals surface area (Å²) in [5, 5.41) is 0. The van der Waals surface area contributed by atoms with Crippen molar-refractivity contribution in [3.8, 4) is 0 Å². The molecule has 0 aliphatic rings. The van der Waals surface area contributed by atoms with Crippen LogP contribution < -0.4 is 0 Å². The lowest BCUT2D eigenvalue weighted by Crippen LogP contribution is -2.00. The third-order valence-electron chi connectivity index (χ3n) is 1.55. The fourth-order valence-electron chi connectivity index (χ4n) is 0.931. The highest BCUT2D eigenvalue weighted by molar-refractivity contribution is 5.88. The van der Waals surface area contributed by atoms with Crippen LogP contribution in [0, 0.1) is 6.92 Å². The lowest BCUT2D eigenvalue weighted by Gasteiger charge is -1.92. The normalized spacial score (nSPS) is 9.50. The molecule has 4 nitrogen and oxygen atoms in total. The second kappa shape index (κ2) is 3.21. The number of aromatic amines is 1. The van der Waals surface area contributed by atoms with E-state index in [4.69, 9.17) is 0 Å². The average molecular weight is 166 g/mol. The van der Waals surface area contributed by atoms with Crippen LogP contribution in [-0.4, -0.2) is 24.8 Å². The van der Waals surface area contributed by atoms with E-state index in [-0.39, 0.29) is 0 Å². The highest BCUT2D eigenvalue weighted by Gasteiger charge is 2.09. The van der Waals surface area contributed by atoms with Crippen molar-refractivity contribution in [2.24, 2.45) is 4.99 Å². The Morgan fingerprint density at radius 3 is 2.83 bits per heavy atom. The van der Waals surface area contributed by atoms with Gasteiger partial charge in [-0.25, -0.2) is 9.79 Å². The Balaban J connectivity index is 3.04. The number of H-pyrrole nitrogens is 1. The maximum absolute atomic E-state index is 11.0. The van der Waals surface area contributed by atoms with Crippen LogP contribution in [0.2, 0.25) is 0 Å². The first kappa shape index (κ1) is 8.52. The fourth-order valence-corrected chi connectivity index (χ4v) is 0.931. The third kappa shape index (κ3) is 1.37. The number of aliphatic imine (C=N–C) groups is 1. The average Bonchev–Trinajstić information content (AvgIpc) is 2.45. The van der Waals surface area contributed by atoms with Gasteiger partial charge in [-0.1, -0.05) is 0 Å². The maximum atomic E-state index is 11.0. The fraction of sp³-hybridized carbons (Fsp3) is 0.250. The molecule has 0 aliphatic heterocycles. The van der Waals surface area contributed by atoms with Gasteiger partial charge in [-0.3, -0.25) is 0 Å². The zero-order valence-corrected chi connectivity index (χ0v) is 7.05. The summed E-state index contributed by atoms with van der Waals surface area (Å²) in [6.07, 6.45) is 0. The molecule has 0 aliphatic carbocycles. The van der Waals surface area contributed by atoms with Gasteiger partial charge in [0, 0.05) is 0 Å². The van der Waals surface area contributed by atoms with Crippen LogP contribution >= 0.6 is 0 Å². The Kier molecular flexibility index (Phi) is 2.28. The van der Waals surface area contributed by atoms with Crippen molar-refractivity contribution >= 4 is 18.5 Å². The number of esters is 1. The largest absolute Gasteiger partial charge is 0.464 e. The van der Waals surface area contributed by atoms with Crippen LogP contribution in [0.3, 0.4) is 0 Å². The summed E-state index contributed by atoms with van der Waals surface area (Å²) in [7, 11) is 1.33. The molecule has 0 saturated heterocycles. The Hall–Kier alpha value is -1.58. The van der Waals surface area contributed by atoms with E-state index < -0.39 is 5.97 Å². The number of aromatic nitrogens is 1. The van der Waals surface area contributed by atoms with Crippen molar-refractivity contribution in [2.45, 2.75) is 6.92 Å². The third-order valence-corrected chi connectivity index (χ3v) is 1.55. The molecule has 0 fully saturated rings. The van der Waals surface area contributed by atoms with E-state index >= 15 is 0 Å². The van der Waals surface area contributed by atoms with E-state index in [2.05, 4.69) is 21.4 Å². The number of ether oxygens (including phenoxy) is 1. The molecule has 1 heterocycles. The van der Waals surface area contributed by atoms with Crippen molar-refractivity contribution in [3.63, 3.8) is 0 Å². The summed E-state index contributed by atoms with van der Waals surface area (Å²) in [5.41, 5.74) is 1.28. The number of rotatable bonds is 2. The van der Waals surface area contributed by atoms with Crippen LogP contribution in [0.5, 0.6) is 0 Å². The van der Waals surface area contributed by atoms with Gasteiger partial charge in [0.25, 0.3) is 0 Å². The van der Waals surface area contributed by atoms with Crippen molar-refractivity contribution in [3.05, 3.63) is 17.3 Å². The van der Waals surface area contributed by atoms with Gasteiger partial charge in [-0.2, -0.15) is 0 Å². The van der Waals surface area contributed by atoms with E-state index in [1.54, 1.807) is 6.07 Å². The molecule has 1 rings (SSSR count). The lowest BCUT2D eigenvalue weighted by atomic mass is 10.3. The quantitative estimate of drug-likeness (QED) is 0.534. The molecule has 1 aromatic heterocycles. The van der Waals surface area contributed by atoms with E-state index in [0.29, 0.717) is 11.5 Å². The molecule has 0 saturated carbocycles. The number of aryl methyl sites for hydroxylation is 1. The molecule has 0 spiro atoms. The second-order valence-corrected chi connectivity index (χ2v) is 2.36. The Labute approximate surface area is 70.3 Å². The molecular formula is C8H10N2O2. The molecule has 0 radical (unpaired) electrons. The van der Waals surface area contributed by atoms with E-state index in [9.17, 15) is 4.79 Å². The predicted molar refractivity (Wildman–Crippen MR) is 46.1 cm³/mol. The number of methoxy groups -OCH3 is 1. The molecular weight excluding hydrogens is 156 g/mol. The Morgan fingerprint density at radius 2 is 2.42 bits per heavy atom. The predicted octanol–water partition coefficient (Wildman–Crippen LogP) is 1.44. The van der Waals surface area contributed by atoms with Crippen molar-refractivity contribution in [1.82, 2.24) is 4.98 Å². The molecule has 0 bridgehead atoms. The van der Waals surface area contributed by atoms with Crippen molar-refractivity contribution < 1.29 is 9.53 Å². The molecule has 12 heavy (non-hydrogen) atoms. The summed E-state index contributed by atoms with van der Waals surface area (Å²) in [4.78, 5) is 17.5. The standard InChI is InChI=1S/C8H10N2O2/c1-5-4-6(8(11)12-3)10-7(5)9-2/h4,10H,2H2,1,3H3. The zero-order chi connectivity index (χ0) is 9.14. The lowest BCUT2D eigenvalue weighted by molar-refractivity contribution is 0.0595. The summed E-state index contributed by atoms with van der Waals surface area (Å²) < 4.78 is 4.52. The van der Waals surface area contributed by atoms with Crippen molar-refractivity contribution in [2.75, 3.05) is 7.11 Å². The molecule has 0 amide bonds. The first-order valence-corrected chi connectivity index (χ1v) is 3.43. The molecule has 1 N–H and O–H groups in total. The monoisotopic (exact) mass is 166 g/mol. The minimum atomic E-state index is -0.395. The number of carbonyl (C=O) groups excluding carboxylic acids is 1. The summed E-state index contributed by atoms with van der Waals surface area (Å²) >= 11 is 0. The van der Waals surface area contributed by atoms with Crippen LogP contribution in [-0.2, 0) is 4.74 Å². The minimum Gasteiger partial charge on any atom is -0.464 e. The minimum absolute atomic E-state index is 0.395. The maximum Gasteiger partial charge on any atom is 0.354 e. The van der Waals surface area contributed by atoms with Crippen LogP contribution in [0.25, 0.3) is 0 Å². The van der Waals surface area contributed by atoms with Crippen molar-refractivity contribution in [1.29, 1.82) is 0 Å². The van der Waals surface area contributed by atoms with Gasteiger partial charge in [-0.05, 0) is 25.3 Å². The van der Waals surface area contributed by atoms with Gasteiger partial charge in [0.1, 0.15) is 11.5 Å². The van der Waals surface area contributed by atoms with Gasteiger partial charge >= 0.3 is 5.97 Å².